The summed E-state index contributed by atoms with van der Waals surface area (Å²) in [7, 11) is 3.99. The van der Waals surface area contributed by atoms with Gasteiger partial charge in [0.25, 0.3) is 5.91 Å². The van der Waals surface area contributed by atoms with Crippen molar-refractivity contribution in [1.29, 1.82) is 0 Å². The topological polar surface area (TPSA) is 36.4 Å². The number of aryl methyl sites for hydroxylation is 1. The van der Waals surface area contributed by atoms with Gasteiger partial charge in [-0.15, -0.1) is 11.8 Å². The van der Waals surface area contributed by atoms with Crippen molar-refractivity contribution in [2.45, 2.75) is 11.8 Å². The van der Waals surface area contributed by atoms with Gasteiger partial charge in [-0.05, 0) is 57.1 Å². The lowest BCUT2D eigenvalue weighted by Gasteiger charge is -2.22. The average Bonchev–Trinajstić information content (AvgIpc) is 3.11. The highest BCUT2D eigenvalue weighted by atomic mass is 35.5. The number of benzene rings is 2. The van der Waals surface area contributed by atoms with Crippen LogP contribution in [0, 0.1) is 6.92 Å². The van der Waals surface area contributed by atoms with E-state index in [1.54, 1.807) is 16.7 Å². The Balaban J connectivity index is 2.04. The minimum absolute atomic E-state index is 0.0411. The molecule has 0 aliphatic carbocycles. The van der Waals surface area contributed by atoms with Crippen LogP contribution >= 0.6 is 34.7 Å². The molecule has 0 saturated heterocycles. The predicted molar refractivity (Wildman–Crippen MR) is 118 cm³/mol. The highest BCUT2D eigenvalue weighted by Gasteiger charge is 2.22. The van der Waals surface area contributed by atoms with Crippen molar-refractivity contribution < 1.29 is 4.79 Å². The highest BCUT2D eigenvalue weighted by Crippen LogP contribution is 2.36. The Morgan fingerprint density at radius 1 is 1.22 bits per heavy atom. The zero-order valence-corrected chi connectivity index (χ0v) is 18.2. The summed E-state index contributed by atoms with van der Waals surface area (Å²) in [5.41, 5.74) is 2.59. The lowest BCUT2D eigenvalue weighted by Crippen LogP contribution is -2.36. The van der Waals surface area contributed by atoms with E-state index in [0.29, 0.717) is 22.3 Å². The summed E-state index contributed by atoms with van der Waals surface area (Å²) < 4.78 is 0.923. The molecule has 142 valence electrons. The lowest BCUT2D eigenvalue weighted by molar-refractivity contribution is 0.0985. The van der Waals surface area contributed by atoms with Crippen molar-refractivity contribution in [1.82, 2.24) is 9.88 Å². The summed E-state index contributed by atoms with van der Waals surface area (Å²) in [4.78, 5) is 23.0. The van der Waals surface area contributed by atoms with E-state index in [1.165, 1.54) is 11.3 Å². The third kappa shape index (κ3) is 4.46. The molecule has 27 heavy (non-hydrogen) atoms. The van der Waals surface area contributed by atoms with E-state index in [4.69, 9.17) is 16.6 Å². The molecule has 1 amide bonds. The van der Waals surface area contributed by atoms with Crippen LogP contribution in [0.4, 0.5) is 5.13 Å². The van der Waals surface area contributed by atoms with Crippen LogP contribution in [0.5, 0.6) is 0 Å². The number of thiazole rings is 1. The Morgan fingerprint density at radius 3 is 2.67 bits per heavy atom. The number of carbonyl (C=O) groups excluding carboxylic acids is 1. The molecule has 0 unspecified atom stereocenters. The van der Waals surface area contributed by atoms with Crippen molar-refractivity contribution in [3.05, 3.63) is 52.5 Å². The molecule has 0 bridgehead atoms. The summed E-state index contributed by atoms with van der Waals surface area (Å²) in [5.74, 6) is -0.0411. The summed E-state index contributed by atoms with van der Waals surface area (Å²) in [6.07, 6.45) is 2.01. The van der Waals surface area contributed by atoms with E-state index >= 15 is 0 Å². The standard InChI is InChI=1S/C20H22ClN3OS2/c1-13-8-9-16(21)18-17(13)22-20(27-18)24(11-10-23(2)3)19(25)14-6-5-7-15(12-14)26-4/h5-9,12H,10-11H2,1-4H3. The zero-order chi connectivity index (χ0) is 19.6. The van der Waals surface area contributed by atoms with Crippen molar-refractivity contribution >= 4 is 56.0 Å². The maximum atomic E-state index is 13.3. The van der Waals surface area contributed by atoms with E-state index in [0.717, 1.165) is 27.2 Å². The van der Waals surface area contributed by atoms with Gasteiger partial charge in [-0.1, -0.05) is 35.1 Å². The highest BCUT2D eigenvalue weighted by molar-refractivity contribution is 7.98. The van der Waals surface area contributed by atoms with Gasteiger partial charge in [-0.3, -0.25) is 9.69 Å². The fourth-order valence-corrected chi connectivity index (χ4v) is 4.50. The fourth-order valence-electron chi connectivity index (χ4n) is 2.70. The number of halogens is 1. The van der Waals surface area contributed by atoms with Gasteiger partial charge in [-0.25, -0.2) is 4.98 Å². The quantitative estimate of drug-likeness (QED) is 0.515. The second-order valence-electron chi connectivity index (χ2n) is 6.53. The Bertz CT molecular complexity index is 932. The molecule has 0 radical (unpaired) electrons. The molecule has 3 rings (SSSR count). The molecule has 4 nitrogen and oxygen atoms in total. The minimum Gasteiger partial charge on any atom is -0.308 e. The molecule has 0 fully saturated rings. The maximum absolute atomic E-state index is 13.3. The van der Waals surface area contributed by atoms with E-state index in [2.05, 4.69) is 4.90 Å². The van der Waals surface area contributed by atoms with Gasteiger partial charge >= 0.3 is 0 Å². The number of nitrogens with zero attached hydrogens (tertiary/aromatic N) is 3. The first-order chi connectivity index (χ1) is 12.9. The number of anilines is 1. The predicted octanol–water partition coefficient (Wildman–Crippen LogP) is 5.19. The average molecular weight is 420 g/mol. The van der Waals surface area contributed by atoms with Crippen LogP contribution in [-0.4, -0.2) is 49.2 Å². The molecule has 0 aliphatic rings. The van der Waals surface area contributed by atoms with Gasteiger partial charge < -0.3 is 4.90 Å². The molecule has 7 heteroatoms. The number of hydrogen-bond donors (Lipinski definition) is 0. The summed E-state index contributed by atoms with van der Waals surface area (Å²) in [6, 6.07) is 11.6. The second-order valence-corrected chi connectivity index (χ2v) is 8.79. The van der Waals surface area contributed by atoms with E-state index in [-0.39, 0.29) is 5.91 Å². The lowest BCUT2D eigenvalue weighted by atomic mass is 10.2. The van der Waals surface area contributed by atoms with Crippen molar-refractivity contribution in [2.75, 3.05) is 38.3 Å². The minimum atomic E-state index is -0.0411. The number of fused-ring (bicyclic) bond motifs is 1. The van der Waals surface area contributed by atoms with Crippen LogP contribution < -0.4 is 4.90 Å². The maximum Gasteiger partial charge on any atom is 0.260 e. The van der Waals surface area contributed by atoms with Crippen LogP contribution in [-0.2, 0) is 0 Å². The zero-order valence-electron chi connectivity index (χ0n) is 15.8. The van der Waals surface area contributed by atoms with Crippen molar-refractivity contribution in [3.8, 4) is 0 Å². The Morgan fingerprint density at radius 2 is 2.00 bits per heavy atom. The molecule has 1 aromatic heterocycles. The third-order valence-electron chi connectivity index (χ3n) is 4.25. The molecule has 2 aromatic carbocycles. The van der Waals surface area contributed by atoms with Gasteiger partial charge in [0.2, 0.25) is 0 Å². The van der Waals surface area contributed by atoms with Gasteiger partial charge in [0.15, 0.2) is 5.13 Å². The van der Waals surface area contributed by atoms with Gasteiger partial charge in [0, 0.05) is 23.5 Å². The van der Waals surface area contributed by atoms with Crippen LogP contribution in [0.1, 0.15) is 15.9 Å². The smallest absolute Gasteiger partial charge is 0.260 e. The number of thioether (sulfide) groups is 1. The molecular weight excluding hydrogens is 398 g/mol. The molecule has 0 saturated carbocycles. The second kappa shape index (κ2) is 8.61. The number of amides is 1. The molecule has 0 N–H and O–H groups in total. The monoisotopic (exact) mass is 419 g/mol. The normalized spacial score (nSPS) is 11.3. The Hall–Kier alpha value is -1.60. The third-order valence-corrected chi connectivity index (χ3v) is 6.51. The molecule has 0 atom stereocenters. The summed E-state index contributed by atoms with van der Waals surface area (Å²) >= 11 is 9.46. The molecule has 0 spiro atoms. The number of rotatable bonds is 6. The molecular formula is C20H22ClN3OS2. The van der Waals surface area contributed by atoms with E-state index in [9.17, 15) is 4.79 Å². The molecule has 3 aromatic rings. The number of hydrogen-bond acceptors (Lipinski definition) is 5. The first kappa shape index (κ1) is 20.1. The van der Waals surface area contributed by atoms with E-state index < -0.39 is 0 Å². The largest absolute Gasteiger partial charge is 0.308 e. The first-order valence-corrected chi connectivity index (χ1v) is 11.0. The van der Waals surface area contributed by atoms with Crippen LogP contribution in [0.15, 0.2) is 41.3 Å². The van der Waals surface area contributed by atoms with E-state index in [1.807, 2.05) is 63.7 Å². The van der Waals surface area contributed by atoms with Crippen molar-refractivity contribution in [2.24, 2.45) is 0 Å². The van der Waals surface area contributed by atoms with Gasteiger partial charge in [0.1, 0.15) is 0 Å². The SMILES string of the molecule is CSc1cccc(C(=O)N(CCN(C)C)c2nc3c(C)ccc(Cl)c3s2)c1. The molecule has 1 heterocycles. The number of aromatic nitrogens is 1. The van der Waals surface area contributed by atoms with Crippen LogP contribution in [0.2, 0.25) is 5.02 Å². The number of carbonyl (C=O) groups is 1. The van der Waals surface area contributed by atoms with Crippen molar-refractivity contribution in [3.63, 3.8) is 0 Å². The number of likely N-dealkylation sites (N-methyl/N-ethyl adjacent to an activating group) is 1. The fraction of sp³-hybridized carbons (Fsp3) is 0.300. The van der Waals surface area contributed by atoms with Gasteiger partial charge in [-0.2, -0.15) is 0 Å². The Kier molecular flexibility index (Phi) is 6.42. The molecule has 0 aliphatic heterocycles. The van der Waals surface area contributed by atoms with Gasteiger partial charge in [0.05, 0.1) is 15.2 Å². The van der Waals surface area contributed by atoms with Crippen LogP contribution in [0.3, 0.4) is 0 Å². The summed E-state index contributed by atoms with van der Waals surface area (Å²) in [5, 5.41) is 1.35. The summed E-state index contributed by atoms with van der Waals surface area (Å²) in [6.45, 7) is 3.32. The van der Waals surface area contributed by atoms with Crippen LogP contribution in [0.25, 0.3) is 10.2 Å². The first-order valence-electron chi connectivity index (χ1n) is 8.57. The Labute approximate surface area is 173 Å².